The summed E-state index contributed by atoms with van der Waals surface area (Å²) < 4.78 is 0. The Balaban J connectivity index is 2.09. The Morgan fingerprint density at radius 3 is 3.17 bits per heavy atom. The van der Waals surface area contributed by atoms with E-state index in [-0.39, 0.29) is 17.9 Å². The predicted octanol–water partition coefficient (Wildman–Crippen LogP) is 2.35. The van der Waals surface area contributed by atoms with E-state index in [9.17, 15) is 4.79 Å². The van der Waals surface area contributed by atoms with E-state index in [1.807, 2.05) is 6.92 Å². The van der Waals surface area contributed by atoms with Gasteiger partial charge in [-0.1, -0.05) is 19.1 Å². The Hall–Kier alpha value is -0.940. The Morgan fingerprint density at radius 2 is 2.50 bits per heavy atom. The van der Waals surface area contributed by atoms with Crippen LogP contribution in [0, 0.1) is 0 Å². The summed E-state index contributed by atoms with van der Waals surface area (Å²) in [4.78, 5) is 14.0. The minimum atomic E-state index is -0.184. The topological polar surface area (TPSA) is 55.1 Å². The van der Waals surface area contributed by atoms with Crippen molar-refractivity contribution in [1.29, 1.82) is 0 Å². The highest BCUT2D eigenvalue weighted by Gasteiger charge is 2.28. The molecular weight excluding hydrogens is 264 g/mol. The number of thiophene rings is 1. The lowest BCUT2D eigenvalue weighted by molar-refractivity contribution is -0.123. The van der Waals surface area contributed by atoms with Crippen molar-refractivity contribution in [2.45, 2.75) is 44.6 Å². The molecule has 0 saturated carbocycles. The number of thiocarbonyl (C=S) groups is 1. The highest BCUT2D eigenvalue weighted by Crippen LogP contribution is 2.35. The lowest BCUT2D eigenvalue weighted by Crippen LogP contribution is -2.45. The van der Waals surface area contributed by atoms with Crippen LogP contribution in [-0.2, 0) is 11.2 Å². The van der Waals surface area contributed by atoms with E-state index >= 15 is 0 Å². The predicted molar refractivity (Wildman–Crippen MR) is 79.0 cm³/mol. The summed E-state index contributed by atoms with van der Waals surface area (Å²) in [6.07, 6.45) is 3.84. The zero-order valence-electron chi connectivity index (χ0n) is 10.4. The maximum Gasteiger partial charge on any atom is 0.228 e. The minimum Gasteiger partial charge on any atom is -0.392 e. The molecule has 0 aliphatic heterocycles. The largest absolute Gasteiger partial charge is 0.392 e. The van der Waals surface area contributed by atoms with Gasteiger partial charge in [0, 0.05) is 4.88 Å². The third kappa shape index (κ3) is 2.72. The number of hydrogen-bond donors (Lipinski definition) is 2. The van der Waals surface area contributed by atoms with Gasteiger partial charge in [-0.2, -0.15) is 0 Å². The molecule has 98 valence electrons. The maximum atomic E-state index is 12.3. The summed E-state index contributed by atoms with van der Waals surface area (Å²) in [5.41, 5.74) is 6.81. The first kappa shape index (κ1) is 13.5. The van der Waals surface area contributed by atoms with Gasteiger partial charge in [-0.3, -0.25) is 4.79 Å². The average molecular weight is 282 g/mol. The van der Waals surface area contributed by atoms with Gasteiger partial charge in [0.2, 0.25) is 5.91 Å². The molecule has 2 atom stereocenters. The fourth-order valence-corrected chi connectivity index (χ4v) is 3.62. The molecular formula is C13H18N2OS2. The fraction of sp³-hybridized carbons (Fsp3) is 0.538. The van der Waals surface area contributed by atoms with Gasteiger partial charge in [0.05, 0.1) is 16.9 Å². The van der Waals surface area contributed by atoms with Crippen LogP contribution in [0.25, 0.3) is 0 Å². The highest BCUT2D eigenvalue weighted by atomic mass is 32.1. The van der Waals surface area contributed by atoms with Gasteiger partial charge in [0.15, 0.2) is 0 Å². The molecule has 1 aliphatic carbocycles. The SMILES string of the molecule is CCC(NC(=O)C1CCCc2sccc21)C(N)=S. The number of rotatable bonds is 4. The van der Waals surface area contributed by atoms with Gasteiger partial charge in [-0.15, -0.1) is 11.3 Å². The summed E-state index contributed by atoms with van der Waals surface area (Å²) in [5, 5.41) is 5.04. The van der Waals surface area contributed by atoms with Crippen LogP contribution in [0.3, 0.4) is 0 Å². The van der Waals surface area contributed by atoms with Crippen LogP contribution in [0.5, 0.6) is 0 Å². The number of hydrogen-bond acceptors (Lipinski definition) is 3. The molecule has 2 rings (SSSR count). The van der Waals surface area contributed by atoms with Crippen molar-refractivity contribution < 1.29 is 4.79 Å². The normalized spacial score (nSPS) is 19.9. The van der Waals surface area contributed by atoms with Crippen molar-refractivity contribution >= 4 is 34.5 Å². The van der Waals surface area contributed by atoms with Gasteiger partial charge in [0.1, 0.15) is 0 Å². The second-order valence-electron chi connectivity index (χ2n) is 4.62. The first-order valence-corrected chi connectivity index (χ1v) is 7.58. The number of nitrogens with two attached hydrogens (primary N) is 1. The molecule has 3 N–H and O–H groups in total. The zero-order chi connectivity index (χ0) is 13.1. The summed E-state index contributed by atoms with van der Waals surface area (Å²) >= 11 is 6.71. The second-order valence-corrected chi connectivity index (χ2v) is 6.09. The van der Waals surface area contributed by atoms with Gasteiger partial charge in [-0.05, 0) is 42.7 Å². The Morgan fingerprint density at radius 1 is 1.72 bits per heavy atom. The second kappa shape index (κ2) is 5.80. The molecule has 1 aliphatic rings. The van der Waals surface area contributed by atoms with Crippen LogP contribution >= 0.6 is 23.6 Å². The van der Waals surface area contributed by atoms with Crippen molar-refractivity contribution in [3.05, 3.63) is 21.9 Å². The van der Waals surface area contributed by atoms with Crippen LogP contribution < -0.4 is 11.1 Å². The van der Waals surface area contributed by atoms with Crippen molar-refractivity contribution in [3.63, 3.8) is 0 Å². The Kier molecular flexibility index (Phi) is 4.35. The first-order chi connectivity index (χ1) is 8.63. The summed E-state index contributed by atoms with van der Waals surface area (Å²) in [6, 6.07) is 1.89. The van der Waals surface area contributed by atoms with Crippen LogP contribution in [-0.4, -0.2) is 16.9 Å². The minimum absolute atomic E-state index is 0.0246. The molecule has 1 aromatic heterocycles. The number of aryl methyl sites for hydroxylation is 1. The van der Waals surface area contributed by atoms with Gasteiger partial charge < -0.3 is 11.1 Å². The number of carbonyl (C=O) groups is 1. The van der Waals surface area contributed by atoms with E-state index in [1.54, 1.807) is 11.3 Å². The van der Waals surface area contributed by atoms with Crippen LogP contribution in [0.1, 0.15) is 42.5 Å². The number of fused-ring (bicyclic) bond motifs is 1. The smallest absolute Gasteiger partial charge is 0.228 e. The molecule has 18 heavy (non-hydrogen) atoms. The van der Waals surface area contributed by atoms with Crippen molar-refractivity contribution in [2.24, 2.45) is 5.73 Å². The van der Waals surface area contributed by atoms with Crippen LogP contribution in [0.2, 0.25) is 0 Å². The summed E-state index contributed by atoms with van der Waals surface area (Å²) in [6.45, 7) is 1.97. The van der Waals surface area contributed by atoms with Crippen molar-refractivity contribution in [2.75, 3.05) is 0 Å². The Bertz CT molecular complexity index is 456. The number of amides is 1. The monoisotopic (exact) mass is 282 g/mol. The van der Waals surface area contributed by atoms with E-state index in [0.717, 1.165) is 25.7 Å². The molecule has 1 heterocycles. The molecule has 0 saturated heterocycles. The quantitative estimate of drug-likeness (QED) is 0.834. The van der Waals surface area contributed by atoms with Crippen LogP contribution in [0.15, 0.2) is 11.4 Å². The van der Waals surface area contributed by atoms with Gasteiger partial charge >= 0.3 is 0 Å². The average Bonchev–Trinajstić information content (AvgIpc) is 2.82. The molecule has 1 aromatic rings. The molecule has 0 bridgehead atoms. The molecule has 5 heteroatoms. The summed E-state index contributed by atoms with van der Waals surface area (Å²) in [5.74, 6) is 0.0393. The third-order valence-corrected chi connectivity index (χ3v) is 4.72. The highest BCUT2D eigenvalue weighted by molar-refractivity contribution is 7.80. The fourth-order valence-electron chi connectivity index (χ4n) is 2.41. The van der Waals surface area contributed by atoms with E-state index < -0.39 is 0 Å². The third-order valence-electron chi connectivity index (χ3n) is 3.44. The lowest BCUT2D eigenvalue weighted by Gasteiger charge is -2.24. The van der Waals surface area contributed by atoms with Crippen molar-refractivity contribution in [1.82, 2.24) is 5.32 Å². The zero-order valence-corrected chi connectivity index (χ0v) is 12.1. The Labute approximate surface area is 117 Å². The van der Waals surface area contributed by atoms with E-state index in [4.69, 9.17) is 18.0 Å². The van der Waals surface area contributed by atoms with E-state index in [1.165, 1.54) is 10.4 Å². The van der Waals surface area contributed by atoms with Gasteiger partial charge in [0.25, 0.3) is 0 Å². The lowest BCUT2D eigenvalue weighted by atomic mass is 9.87. The standard InChI is InChI=1S/C13H18N2OS2/c1-2-10(12(14)17)15-13(16)9-4-3-5-11-8(9)6-7-18-11/h6-7,9-10H,2-5H2,1H3,(H2,14,17)(H,15,16). The molecule has 3 nitrogen and oxygen atoms in total. The maximum absolute atomic E-state index is 12.3. The molecule has 0 spiro atoms. The van der Waals surface area contributed by atoms with E-state index in [0.29, 0.717) is 4.99 Å². The molecule has 1 amide bonds. The molecule has 0 aromatic carbocycles. The first-order valence-electron chi connectivity index (χ1n) is 6.29. The molecule has 0 fully saturated rings. The number of nitrogens with one attached hydrogen (secondary N) is 1. The van der Waals surface area contributed by atoms with E-state index in [2.05, 4.69) is 16.8 Å². The van der Waals surface area contributed by atoms with Gasteiger partial charge in [-0.25, -0.2) is 0 Å². The molecule has 2 unspecified atom stereocenters. The number of carbonyl (C=O) groups excluding carboxylic acids is 1. The van der Waals surface area contributed by atoms with Crippen molar-refractivity contribution in [3.8, 4) is 0 Å². The molecule has 0 radical (unpaired) electrons. The van der Waals surface area contributed by atoms with Crippen LogP contribution in [0.4, 0.5) is 0 Å². The summed E-state index contributed by atoms with van der Waals surface area (Å²) in [7, 11) is 0.